The lowest BCUT2D eigenvalue weighted by atomic mass is 10.2. The van der Waals surface area contributed by atoms with Crippen molar-refractivity contribution >= 4 is 15.9 Å². The maximum absolute atomic E-state index is 5.60. The average Bonchev–Trinajstić information content (AvgIpc) is 2.66. The highest BCUT2D eigenvalue weighted by Crippen LogP contribution is 2.22. The van der Waals surface area contributed by atoms with Gasteiger partial charge in [0, 0.05) is 10.5 Å². The van der Waals surface area contributed by atoms with E-state index in [-0.39, 0.29) is 0 Å². The van der Waals surface area contributed by atoms with Crippen molar-refractivity contribution in [1.29, 1.82) is 0 Å². The average molecular weight is 282 g/mol. The van der Waals surface area contributed by atoms with Gasteiger partial charge in [-0.3, -0.25) is 0 Å². The summed E-state index contributed by atoms with van der Waals surface area (Å²) in [5.41, 5.74) is 1.95. The minimum Gasteiger partial charge on any atom is -0.487 e. The van der Waals surface area contributed by atoms with Crippen LogP contribution in [0.4, 0.5) is 0 Å². The van der Waals surface area contributed by atoms with Gasteiger partial charge in [0.1, 0.15) is 23.8 Å². The van der Waals surface area contributed by atoms with Crippen molar-refractivity contribution < 1.29 is 9.26 Å². The number of hydrogen-bond acceptors (Lipinski definition) is 3. The number of aryl methyl sites for hydroxylation is 2. The van der Waals surface area contributed by atoms with Crippen molar-refractivity contribution in [3.63, 3.8) is 0 Å². The molecule has 1 heterocycles. The molecule has 0 saturated carbocycles. The van der Waals surface area contributed by atoms with Crippen LogP contribution in [0.1, 0.15) is 17.0 Å². The molecule has 3 nitrogen and oxygen atoms in total. The van der Waals surface area contributed by atoms with E-state index in [1.807, 2.05) is 38.1 Å². The summed E-state index contributed by atoms with van der Waals surface area (Å²) in [4.78, 5) is 0. The van der Waals surface area contributed by atoms with Crippen LogP contribution in [-0.2, 0) is 6.61 Å². The maximum atomic E-state index is 5.60. The largest absolute Gasteiger partial charge is 0.487 e. The molecule has 84 valence electrons. The second-order valence-electron chi connectivity index (χ2n) is 3.63. The highest BCUT2D eigenvalue weighted by atomic mass is 79.9. The molecule has 4 heteroatoms. The summed E-state index contributed by atoms with van der Waals surface area (Å²) in [5, 5.41) is 3.86. The first-order chi connectivity index (χ1) is 7.65. The molecule has 0 spiro atoms. The van der Waals surface area contributed by atoms with Gasteiger partial charge in [0.15, 0.2) is 0 Å². The highest BCUT2D eigenvalue weighted by molar-refractivity contribution is 9.10. The van der Waals surface area contributed by atoms with Gasteiger partial charge in [-0.2, -0.15) is 0 Å². The van der Waals surface area contributed by atoms with Crippen LogP contribution in [0.2, 0.25) is 0 Å². The van der Waals surface area contributed by atoms with E-state index in [4.69, 9.17) is 9.26 Å². The topological polar surface area (TPSA) is 35.3 Å². The van der Waals surface area contributed by atoms with Gasteiger partial charge in [0.05, 0.1) is 0 Å². The van der Waals surface area contributed by atoms with Crippen LogP contribution in [0.25, 0.3) is 0 Å². The molecule has 0 unspecified atom stereocenters. The zero-order chi connectivity index (χ0) is 11.5. The number of nitrogens with zero attached hydrogens (tertiary/aromatic N) is 1. The summed E-state index contributed by atoms with van der Waals surface area (Å²) in [6.45, 7) is 4.32. The number of halogens is 1. The first-order valence-electron chi connectivity index (χ1n) is 4.96. The summed E-state index contributed by atoms with van der Waals surface area (Å²) in [6.07, 6.45) is 0. The van der Waals surface area contributed by atoms with Crippen molar-refractivity contribution in [3.8, 4) is 5.75 Å². The van der Waals surface area contributed by atoms with Crippen LogP contribution in [-0.4, -0.2) is 5.16 Å². The Morgan fingerprint density at radius 3 is 2.75 bits per heavy atom. The summed E-state index contributed by atoms with van der Waals surface area (Å²) >= 11 is 3.45. The summed E-state index contributed by atoms with van der Waals surface area (Å²) < 4.78 is 11.6. The van der Waals surface area contributed by atoms with Gasteiger partial charge in [-0.1, -0.05) is 21.1 Å². The molecule has 16 heavy (non-hydrogen) atoms. The molecule has 2 rings (SSSR count). The van der Waals surface area contributed by atoms with Gasteiger partial charge in [0.25, 0.3) is 0 Å². The normalized spacial score (nSPS) is 10.4. The molecule has 2 aromatic rings. The van der Waals surface area contributed by atoms with Crippen molar-refractivity contribution in [2.75, 3.05) is 0 Å². The Kier molecular flexibility index (Phi) is 3.29. The van der Waals surface area contributed by atoms with Gasteiger partial charge >= 0.3 is 0 Å². The fourth-order valence-electron chi connectivity index (χ4n) is 1.35. The number of rotatable bonds is 3. The molecule has 0 aliphatic rings. The Balaban J connectivity index is 2.02. The first-order valence-corrected chi connectivity index (χ1v) is 5.75. The SMILES string of the molecule is Cc1cc(COc2ccc(Br)c(C)c2)no1. The van der Waals surface area contributed by atoms with Gasteiger partial charge in [-0.15, -0.1) is 0 Å². The lowest BCUT2D eigenvalue weighted by Crippen LogP contribution is -1.95. The maximum Gasteiger partial charge on any atom is 0.134 e. The van der Waals surface area contributed by atoms with Crippen LogP contribution in [0.5, 0.6) is 5.75 Å². The van der Waals surface area contributed by atoms with E-state index < -0.39 is 0 Å². The smallest absolute Gasteiger partial charge is 0.134 e. The lowest BCUT2D eigenvalue weighted by molar-refractivity contribution is 0.287. The summed E-state index contributed by atoms with van der Waals surface area (Å²) in [5.74, 6) is 1.63. The Bertz CT molecular complexity index is 494. The van der Waals surface area contributed by atoms with Gasteiger partial charge in [0.2, 0.25) is 0 Å². The van der Waals surface area contributed by atoms with E-state index >= 15 is 0 Å². The molecule has 0 atom stereocenters. The van der Waals surface area contributed by atoms with Crippen LogP contribution < -0.4 is 4.74 Å². The molecule has 0 aliphatic carbocycles. The Morgan fingerprint density at radius 2 is 2.12 bits per heavy atom. The molecular weight excluding hydrogens is 270 g/mol. The monoisotopic (exact) mass is 281 g/mol. The molecule has 0 fully saturated rings. The molecule has 1 aromatic carbocycles. The zero-order valence-corrected chi connectivity index (χ0v) is 10.7. The Hall–Kier alpha value is -1.29. The quantitative estimate of drug-likeness (QED) is 0.862. The molecular formula is C12H12BrNO2. The van der Waals surface area contributed by atoms with Crippen LogP contribution in [0.3, 0.4) is 0 Å². The van der Waals surface area contributed by atoms with E-state index in [0.717, 1.165) is 27.2 Å². The number of hydrogen-bond donors (Lipinski definition) is 0. The molecule has 0 aliphatic heterocycles. The fourth-order valence-corrected chi connectivity index (χ4v) is 1.60. The molecule has 1 aromatic heterocycles. The van der Waals surface area contributed by atoms with Crippen molar-refractivity contribution in [2.24, 2.45) is 0 Å². The van der Waals surface area contributed by atoms with E-state index in [9.17, 15) is 0 Å². The van der Waals surface area contributed by atoms with Crippen LogP contribution in [0, 0.1) is 13.8 Å². The second kappa shape index (κ2) is 4.70. The highest BCUT2D eigenvalue weighted by Gasteiger charge is 2.02. The minimum absolute atomic E-state index is 0.429. The molecule has 0 saturated heterocycles. The number of ether oxygens (including phenoxy) is 1. The second-order valence-corrected chi connectivity index (χ2v) is 4.48. The number of benzene rings is 1. The third-order valence-electron chi connectivity index (χ3n) is 2.19. The van der Waals surface area contributed by atoms with E-state index in [2.05, 4.69) is 21.1 Å². The fraction of sp³-hybridized carbons (Fsp3) is 0.250. The minimum atomic E-state index is 0.429. The molecule has 0 bridgehead atoms. The van der Waals surface area contributed by atoms with Crippen LogP contribution >= 0.6 is 15.9 Å². The molecule has 0 N–H and O–H groups in total. The van der Waals surface area contributed by atoms with Gasteiger partial charge < -0.3 is 9.26 Å². The van der Waals surface area contributed by atoms with Crippen molar-refractivity contribution in [2.45, 2.75) is 20.5 Å². The third-order valence-corrected chi connectivity index (χ3v) is 3.08. The zero-order valence-electron chi connectivity index (χ0n) is 9.16. The van der Waals surface area contributed by atoms with Gasteiger partial charge in [-0.25, -0.2) is 0 Å². The molecule has 0 radical (unpaired) electrons. The van der Waals surface area contributed by atoms with Crippen LogP contribution in [0.15, 0.2) is 33.3 Å². The standard InChI is InChI=1S/C12H12BrNO2/c1-8-5-11(3-4-12(8)13)15-7-10-6-9(2)16-14-10/h3-6H,7H2,1-2H3. The van der Waals surface area contributed by atoms with Crippen molar-refractivity contribution in [3.05, 3.63) is 45.8 Å². The first kappa shape index (κ1) is 11.2. The predicted molar refractivity (Wildman–Crippen MR) is 64.5 cm³/mol. The van der Waals surface area contributed by atoms with E-state index in [0.29, 0.717) is 6.61 Å². The van der Waals surface area contributed by atoms with E-state index in [1.165, 1.54) is 0 Å². The molecule has 0 amide bonds. The lowest BCUT2D eigenvalue weighted by Gasteiger charge is -2.05. The third kappa shape index (κ3) is 2.64. The summed E-state index contributed by atoms with van der Waals surface area (Å²) in [6, 6.07) is 7.74. The Labute approximate surface area is 103 Å². The Morgan fingerprint density at radius 1 is 1.31 bits per heavy atom. The number of aromatic nitrogens is 1. The van der Waals surface area contributed by atoms with Gasteiger partial charge in [-0.05, 0) is 37.6 Å². The van der Waals surface area contributed by atoms with E-state index in [1.54, 1.807) is 0 Å². The van der Waals surface area contributed by atoms with Crippen molar-refractivity contribution in [1.82, 2.24) is 5.16 Å². The summed E-state index contributed by atoms with van der Waals surface area (Å²) in [7, 11) is 0. The predicted octanol–water partition coefficient (Wildman–Crippen LogP) is 3.63.